The largest absolute Gasteiger partial charge is 0.482 e. The molecule has 1 aromatic heterocycles. The third-order valence-corrected chi connectivity index (χ3v) is 5.90. The van der Waals surface area contributed by atoms with E-state index >= 15 is 0 Å². The summed E-state index contributed by atoms with van der Waals surface area (Å²) in [6.45, 7) is 4.92. The monoisotopic (exact) mass is 434 g/mol. The molecule has 164 valence electrons. The Morgan fingerprint density at radius 2 is 1.94 bits per heavy atom. The second-order valence-corrected chi connectivity index (χ2v) is 8.18. The van der Waals surface area contributed by atoms with Crippen LogP contribution in [0.25, 0.3) is 10.9 Å². The number of amides is 1. The predicted octanol–water partition coefficient (Wildman–Crippen LogP) is 3.02. The molecular weight excluding hydrogens is 411 g/mol. The van der Waals surface area contributed by atoms with Gasteiger partial charge in [0.25, 0.3) is 5.91 Å². The number of nitrogens with zero attached hydrogens (tertiary/aromatic N) is 3. The minimum absolute atomic E-state index is 0.0131. The first-order valence-corrected chi connectivity index (χ1v) is 10.6. The average Bonchev–Trinajstić information content (AvgIpc) is 2.78. The van der Waals surface area contributed by atoms with Crippen LogP contribution in [-0.4, -0.2) is 60.9 Å². The molecule has 0 saturated carbocycles. The van der Waals surface area contributed by atoms with Gasteiger partial charge in [0.1, 0.15) is 11.6 Å². The van der Waals surface area contributed by atoms with E-state index in [0.717, 1.165) is 16.8 Å². The maximum Gasteiger partial charge on any atom is 0.262 e. The van der Waals surface area contributed by atoms with E-state index in [1.54, 1.807) is 24.3 Å². The lowest BCUT2D eigenvalue weighted by atomic mass is 10.1. The zero-order chi connectivity index (χ0) is 22.2. The Balaban J connectivity index is 1.26. The van der Waals surface area contributed by atoms with E-state index in [1.165, 1.54) is 6.07 Å². The summed E-state index contributed by atoms with van der Waals surface area (Å²) >= 11 is 0. The maximum atomic E-state index is 14.2. The number of anilines is 2. The number of piperazine rings is 1. The number of benzene rings is 2. The van der Waals surface area contributed by atoms with Crippen LogP contribution in [0.3, 0.4) is 0 Å². The lowest BCUT2D eigenvalue weighted by Gasteiger charge is -2.36. The lowest BCUT2D eigenvalue weighted by Crippen LogP contribution is -2.48. The fourth-order valence-electron chi connectivity index (χ4n) is 4.24. The average molecular weight is 434 g/mol. The molecule has 0 unspecified atom stereocenters. The van der Waals surface area contributed by atoms with Crippen LogP contribution < -0.4 is 15.0 Å². The number of pyridine rings is 1. The zero-order valence-electron chi connectivity index (χ0n) is 17.7. The Kier molecular flexibility index (Phi) is 5.22. The van der Waals surface area contributed by atoms with E-state index < -0.39 is 0 Å². The smallest absolute Gasteiger partial charge is 0.262 e. The minimum Gasteiger partial charge on any atom is -0.482 e. The van der Waals surface area contributed by atoms with Gasteiger partial charge in [-0.25, -0.2) is 4.39 Å². The number of aryl methyl sites for hydroxylation is 1. The molecule has 0 atom stereocenters. The van der Waals surface area contributed by atoms with Crippen molar-refractivity contribution in [1.29, 1.82) is 0 Å². The third kappa shape index (κ3) is 4.01. The second-order valence-electron chi connectivity index (χ2n) is 8.18. The van der Waals surface area contributed by atoms with E-state index in [1.807, 2.05) is 19.1 Å². The number of hydrogen-bond acceptors (Lipinski definition) is 6. The molecule has 1 amide bonds. The van der Waals surface area contributed by atoms with Gasteiger partial charge >= 0.3 is 0 Å². The van der Waals surface area contributed by atoms with Crippen LogP contribution in [0.5, 0.6) is 5.75 Å². The normalized spacial score (nSPS) is 16.4. The number of hydrogen-bond donors (Lipinski definition) is 1. The molecule has 2 aliphatic rings. The van der Waals surface area contributed by atoms with E-state index in [9.17, 15) is 14.0 Å². The summed E-state index contributed by atoms with van der Waals surface area (Å²) < 4.78 is 19.6. The Bertz CT molecular complexity index is 1220. The number of halogens is 1. The van der Waals surface area contributed by atoms with Crippen molar-refractivity contribution >= 4 is 34.0 Å². The molecule has 3 aromatic rings. The first-order chi connectivity index (χ1) is 15.5. The number of rotatable bonds is 4. The van der Waals surface area contributed by atoms with Crippen molar-refractivity contribution in [1.82, 2.24) is 9.88 Å². The highest BCUT2D eigenvalue weighted by Crippen LogP contribution is 2.30. The quantitative estimate of drug-likeness (QED) is 0.637. The molecule has 2 aliphatic heterocycles. The minimum atomic E-state index is -0.299. The SMILES string of the molecule is Cc1ccc2c(N3CCN(CC(=O)c4ccc5c(c4)NC(=O)CO5)CC3)cc(F)cc2n1. The molecule has 5 rings (SSSR count). The van der Waals surface area contributed by atoms with Crippen LogP contribution in [0, 0.1) is 12.7 Å². The molecule has 1 saturated heterocycles. The van der Waals surface area contributed by atoms with Crippen molar-refractivity contribution in [2.75, 3.05) is 49.5 Å². The van der Waals surface area contributed by atoms with Gasteiger partial charge in [-0.3, -0.25) is 19.5 Å². The Labute approximate surface area is 184 Å². The molecule has 0 aliphatic carbocycles. The molecule has 1 N–H and O–H groups in total. The second kappa shape index (κ2) is 8.20. The van der Waals surface area contributed by atoms with E-state index in [-0.39, 0.29) is 30.7 Å². The van der Waals surface area contributed by atoms with Crippen molar-refractivity contribution < 1.29 is 18.7 Å². The zero-order valence-corrected chi connectivity index (χ0v) is 17.7. The number of nitrogens with one attached hydrogen (secondary N) is 1. The van der Waals surface area contributed by atoms with Crippen LogP contribution in [0.4, 0.5) is 15.8 Å². The third-order valence-electron chi connectivity index (χ3n) is 5.90. The molecule has 1 fully saturated rings. The number of Topliss-reactive ketones (excluding diaryl/α,β-unsaturated/α-hetero) is 1. The summed E-state index contributed by atoms with van der Waals surface area (Å²) in [6, 6.07) is 12.1. The topological polar surface area (TPSA) is 74.8 Å². The van der Waals surface area contributed by atoms with Gasteiger partial charge in [-0.2, -0.15) is 0 Å². The Morgan fingerprint density at radius 1 is 1.12 bits per heavy atom. The first kappa shape index (κ1) is 20.4. The van der Waals surface area contributed by atoms with Gasteiger partial charge in [-0.1, -0.05) is 0 Å². The Hall–Kier alpha value is -3.52. The number of carbonyl (C=O) groups is 2. The van der Waals surface area contributed by atoms with Crippen molar-refractivity contribution in [2.45, 2.75) is 6.92 Å². The number of carbonyl (C=O) groups excluding carboxylic acids is 2. The highest BCUT2D eigenvalue weighted by Gasteiger charge is 2.23. The van der Waals surface area contributed by atoms with Crippen LogP contribution in [0.1, 0.15) is 16.1 Å². The highest BCUT2D eigenvalue weighted by atomic mass is 19.1. The number of aromatic nitrogens is 1. The summed E-state index contributed by atoms with van der Waals surface area (Å²) in [5, 5.41) is 3.66. The van der Waals surface area contributed by atoms with Gasteiger partial charge in [0, 0.05) is 54.6 Å². The van der Waals surface area contributed by atoms with Gasteiger partial charge in [0.2, 0.25) is 0 Å². The molecule has 8 heteroatoms. The van der Waals surface area contributed by atoms with Crippen molar-refractivity contribution in [3.63, 3.8) is 0 Å². The number of fused-ring (bicyclic) bond motifs is 2. The van der Waals surface area contributed by atoms with Gasteiger partial charge in [-0.05, 0) is 43.3 Å². The fourth-order valence-corrected chi connectivity index (χ4v) is 4.24. The highest BCUT2D eigenvalue weighted by molar-refractivity contribution is 6.01. The van der Waals surface area contributed by atoms with Gasteiger partial charge in [-0.15, -0.1) is 0 Å². The summed E-state index contributed by atoms with van der Waals surface area (Å²) in [7, 11) is 0. The standard InChI is InChI=1S/C24H23FN4O3/c1-15-2-4-18-19(26-15)11-17(25)12-21(18)29-8-6-28(7-9-29)13-22(30)16-3-5-23-20(10-16)27-24(31)14-32-23/h2-5,10-12H,6-9,13-14H2,1H3,(H,27,31). The van der Waals surface area contributed by atoms with Crippen molar-refractivity contribution in [3.05, 3.63) is 59.5 Å². The summed E-state index contributed by atoms with van der Waals surface area (Å²) in [4.78, 5) is 33.0. The first-order valence-electron chi connectivity index (χ1n) is 10.6. The predicted molar refractivity (Wildman–Crippen MR) is 120 cm³/mol. The summed E-state index contributed by atoms with van der Waals surface area (Å²) in [5.74, 6) is 0.0267. The molecule has 7 nitrogen and oxygen atoms in total. The molecule has 0 radical (unpaired) electrons. The van der Waals surface area contributed by atoms with E-state index in [4.69, 9.17) is 4.74 Å². The lowest BCUT2D eigenvalue weighted by molar-refractivity contribution is -0.118. The molecule has 2 aromatic carbocycles. The summed E-state index contributed by atoms with van der Waals surface area (Å²) in [6.07, 6.45) is 0. The molecular formula is C24H23FN4O3. The van der Waals surface area contributed by atoms with Gasteiger partial charge in [0.15, 0.2) is 12.4 Å². The Morgan fingerprint density at radius 3 is 2.75 bits per heavy atom. The van der Waals surface area contributed by atoms with E-state index in [2.05, 4.69) is 20.1 Å². The summed E-state index contributed by atoms with van der Waals surface area (Å²) in [5.41, 5.74) is 3.41. The van der Waals surface area contributed by atoms with Crippen molar-refractivity contribution in [2.24, 2.45) is 0 Å². The number of ketones is 1. The van der Waals surface area contributed by atoms with Crippen LogP contribution >= 0.6 is 0 Å². The van der Waals surface area contributed by atoms with Crippen LogP contribution in [-0.2, 0) is 4.79 Å². The molecule has 32 heavy (non-hydrogen) atoms. The maximum absolute atomic E-state index is 14.2. The van der Waals surface area contributed by atoms with Gasteiger partial charge < -0.3 is 15.0 Å². The molecule has 0 spiro atoms. The van der Waals surface area contributed by atoms with Crippen molar-refractivity contribution in [3.8, 4) is 5.75 Å². The fraction of sp³-hybridized carbons (Fsp3) is 0.292. The van der Waals surface area contributed by atoms with Crippen LogP contribution in [0.15, 0.2) is 42.5 Å². The number of ether oxygens (including phenoxy) is 1. The molecule has 0 bridgehead atoms. The van der Waals surface area contributed by atoms with E-state index in [0.29, 0.717) is 48.7 Å². The molecule has 3 heterocycles. The van der Waals surface area contributed by atoms with Gasteiger partial charge in [0.05, 0.1) is 17.7 Å². The van der Waals surface area contributed by atoms with Crippen LogP contribution in [0.2, 0.25) is 0 Å².